The van der Waals surface area contributed by atoms with E-state index in [1.54, 1.807) is 6.92 Å². The highest BCUT2D eigenvalue weighted by Gasteiger charge is 2.08. The van der Waals surface area contributed by atoms with E-state index in [4.69, 9.17) is 16.1 Å². The van der Waals surface area contributed by atoms with E-state index in [1.807, 2.05) is 40.4 Å². The monoisotopic (exact) mass is 362 g/mol. The number of hydrogen-bond acceptors (Lipinski definition) is 5. The molecule has 24 heavy (non-hydrogen) atoms. The molecule has 0 N–H and O–H groups in total. The van der Waals surface area contributed by atoms with Crippen LogP contribution in [-0.2, 0) is 17.8 Å². The number of hydrogen-bond donors (Lipinski definition) is 0. The molecule has 0 saturated heterocycles. The molecule has 8 heteroatoms. The molecule has 1 aromatic carbocycles. The molecule has 0 bridgehead atoms. The van der Waals surface area contributed by atoms with Gasteiger partial charge >= 0.3 is 0 Å². The van der Waals surface area contributed by atoms with Gasteiger partial charge in [0.25, 0.3) is 0 Å². The van der Waals surface area contributed by atoms with Gasteiger partial charge in [0.05, 0.1) is 6.54 Å². The van der Waals surface area contributed by atoms with E-state index >= 15 is 0 Å². The minimum absolute atomic E-state index is 0.221. The lowest BCUT2D eigenvalue weighted by Gasteiger charge is -2.05. The maximum absolute atomic E-state index is 12.1. The molecule has 3 rings (SSSR count). The van der Waals surface area contributed by atoms with E-state index in [2.05, 4.69) is 15.1 Å². The van der Waals surface area contributed by atoms with E-state index in [0.717, 1.165) is 5.56 Å². The second-order valence-corrected chi connectivity index (χ2v) is 6.43. The molecule has 0 radical (unpaired) electrons. The summed E-state index contributed by atoms with van der Waals surface area (Å²) < 4.78 is 6.90. The lowest BCUT2D eigenvalue weighted by Crippen LogP contribution is -2.17. The van der Waals surface area contributed by atoms with Crippen molar-refractivity contribution >= 4 is 28.8 Å². The van der Waals surface area contributed by atoms with Crippen LogP contribution < -0.4 is 4.80 Å². The van der Waals surface area contributed by atoms with Crippen molar-refractivity contribution in [3.05, 3.63) is 62.9 Å². The number of rotatable bonds is 5. The molecular weight excluding hydrogens is 348 g/mol. The van der Waals surface area contributed by atoms with E-state index in [0.29, 0.717) is 34.5 Å². The van der Waals surface area contributed by atoms with Gasteiger partial charge in [0.15, 0.2) is 10.6 Å². The molecule has 0 spiro atoms. The average Bonchev–Trinajstić information content (AvgIpc) is 3.17. The SMILES string of the molecule is Cc1noc(CCC(=O)N=c2sccn2Cc2ccccc2Cl)n1. The van der Waals surface area contributed by atoms with Crippen molar-refractivity contribution in [2.24, 2.45) is 4.99 Å². The summed E-state index contributed by atoms with van der Waals surface area (Å²) >= 11 is 7.60. The Bertz CT molecular complexity index is 912. The third-order valence-corrected chi connectivity index (χ3v) is 4.46. The van der Waals surface area contributed by atoms with Gasteiger partial charge in [0.2, 0.25) is 11.8 Å². The first kappa shape index (κ1) is 16.6. The molecule has 6 nitrogen and oxygen atoms in total. The Hall–Kier alpha value is -2.25. The number of benzene rings is 1. The highest BCUT2D eigenvalue weighted by atomic mass is 35.5. The Morgan fingerprint density at radius 1 is 1.42 bits per heavy atom. The summed E-state index contributed by atoms with van der Waals surface area (Å²) in [6, 6.07) is 7.62. The second kappa shape index (κ2) is 7.55. The molecule has 0 fully saturated rings. The van der Waals surface area contributed by atoms with E-state index in [9.17, 15) is 4.79 Å². The number of carbonyl (C=O) groups excluding carboxylic acids is 1. The molecule has 0 aliphatic heterocycles. The number of aryl methyl sites for hydroxylation is 2. The van der Waals surface area contributed by atoms with Crippen LogP contribution in [-0.4, -0.2) is 20.6 Å². The Labute approximate surface area is 147 Å². The standard InChI is InChI=1S/C16H15ClN4O2S/c1-11-18-15(23-20-11)7-6-14(22)19-16-21(8-9-24-16)10-12-4-2-3-5-13(12)17/h2-5,8-9H,6-7,10H2,1H3. The van der Waals surface area contributed by atoms with Crippen molar-refractivity contribution in [1.82, 2.24) is 14.7 Å². The molecule has 0 atom stereocenters. The van der Waals surface area contributed by atoms with Crippen LogP contribution in [0, 0.1) is 6.92 Å². The van der Waals surface area contributed by atoms with Crippen LogP contribution in [0.3, 0.4) is 0 Å². The van der Waals surface area contributed by atoms with Crippen LogP contribution in [0.5, 0.6) is 0 Å². The number of amides is 1. The first-order chi connectivity index (χ1) is 11.6. The van der Waals surface area contributed by atoms with Crippen molar-refractivity contribution in [2.75, 3.05) is 0 Å². The summed E-state index contributed by atoms with van der Waals surface area (Å²) in [5.74, 6) is 0.789. The average molecular weight is 363 g/mol. The van der Waals surface area contributed by atoms with E-state index < -0.39 is 0 Å². The van der Waals surface area contributed by atoms with E-state index in [-0.39, 0.29) is 12.3 Å². The Kier molecular flexibility index (Phi) is 5.22. The fourth-order valence-corrected chi connectivity index (χ4v) is 3.08. The molecule has 2 heterocycles. The molecule has 0 unspecified atom stereocenters. The summed E-state index contributed by atoms with van der Waals surface area (Å²) in [6.45, 7) is 2.31. The van der Waals surface area contributed by atoms with Crippen LogP contribution in [0.1, 0.15) is 23.7 Å². The second-order valence-electron chi connectivity index (χ2n) is 5.15. The summed E-state index contributed by atoms with van der Waals surface area (Å²) in [7, 11) is 0. The Morgan fingerprint density at radius 3 is 3.00 bits per heavy atom. The van der Waals surface area contributed by atoms with Crippen LogP contribution >= 0.6 is 22.9 Å². The normalized spacial score (nSPS) is 11.8. The summed E-state index contributed by atoms with van der Waals surface area (Å²) in [5, 5.41) is 6.28. The van der Waals surface area contributed by atoms with Gasteiger partial charge < -0.3 is 9.09 Å². The van der Waals surface area contributed by atoms with Crippen LogP contribution in [0.25, 0.3) is 0 Å². The zero-order chi connectivity index (χ0) is 16.9. The minimum Gasteiger partial charge on any atom is -0.339 e. The predicted molar refractivity (Wildman–Crippen MR) is 90.8 cm³/mol. The molecule has 0 aliphatic rings. The predicted octanol–water partition coefficient (Wildman–Crippen LogP) is 3.00. The Balaban J connectivity index is 1.70. The largest absolute Gasteiger partial charge is 0.339 e. The fraction of sp³-hybridized carbons (Fsp3) is 0.250. The van der Waals surface area contributed by atoms with Crippen molar-refractivity contribution in [3.63, 3.8) is 0 Å². The van der Waals surface area contributed by atoms with Gasteiger partial charge in [-0.1, -0.05) is 35.0 Å². The lowest BCUT2D eigenvalue weighted by molar-refractivity contribution is -0.118. The molecule has 0 aliphatic carbocycles. The zero-order valence-electron chi connectivity index (χ0n) is 13.0. The maximum atomic E-state index is 12.1. The van der Waals surface area contributed by atoms with Gasteiger partial charge in [-0.25, -0.2) is 0 Å². The van der Waals surface area contributed by atoms with Gasteiger partial charge in [-0.3, -0.25) is 4.79 Å². The lowest BCUT2D eigenvalue weighted by atomic mass is 10.2. The summed E-state index contributed by atoms with van der Waals surface area (Å²) in [4.78, 5) is 21.0. The number of carbonyl (C=O) groups is 1. The van der Waals surface area contributed by atoms with Crippen LogP contribution in [0.2, 0.25) is 5.02 Å². The quantitative estimate of drug-likeness (QED) is 0.699. The zero-order valence-corrected chi connectivity index (χ0v) is 14.5. The number of aromatic nitrogens is 3. The summed E-state index contributed by atoms with van der Waals surface area (Å²) in [5.41, 5.74) is 0.979. The molecule has 3 aromatic rings. The number of nitrogens with zero attached hydrogens (tertiary/aromatic N) is 4. The molecule has 124 valence electrons. The van der Waals surface area contributed by atoms with Crippen molar-refractivity contribution < 1.29 is 9.32 Å². The van der Waals surface area contributed by atoms with Crippen molar-refractivity contribution in [2.45, 2.75) is 26.3 Å². The van der Waals surface area contributed by atoms with Crippen molar-refractivity contribution in [1.29, 1.82) is 0 Å². The maximum Gasteiger partial charge on any atom is 0.248 e. The van der Waals surface area contributed by atoms with Gasteiger partial charge in [-0.05, 0) is 18.6 Å². The van der Waals surface area contributed by atoms with Gasteiger partial charge in [-0.15, -0.1) is 11.3 Å². The number of thiazole rings is 1. The fourth-order valence-electron chi connectivity index (χ4n) is 2.14. The Morgan fingerprint density at radius 2 is 2.25 bits per heavy atom. The first-order valence-corrected chi connectivity index (χ1v) is 8.61. The molecule has 0 saturated carbocycles. The highest BCUT2D eigenvalue weighted by molar-refractivity contribution is 7.07. The third-order valence-electron chi connectivity index (χ3n) is 3.30. The van der Waals surface area contributed by atoms with Crippen LogP contribution in [0.4, 0.5) is 0 Å². The molecular formula is C16H15ClN4O2S. The van der Waals surface area contributed by atoms with Gasteiger partial charge in [-0.2, -0.15) is 9.98 Å². The smallest absolute Gasteiger partial charge is 0.248 e. The first-order valence-electron chi connectivity index (χ1n) is 7.36. The highest BCUT2D eigenvalue weighted by Crippen LogP contribution is 2.15. The van der Waals surface area contributed by atoms with Crippen molar-refractivity contribution in [3.8, 4) is 0 Å². The number of halogens is 1. The third kappa shape index (κ3) is 4.18. The molecule has 2 aromatic heterocycles. The topological polar surface area (TPSA) is 73.3 Å². The summed E-state index contributed by atoms with van der Waals surface area (Å²) in [6.07, 6.45) is 2.51. The molecule has 1 amide bonds. The van der Waals surface area contributed by atoms with Gasteiger partial charge in [0.1, 0.15) is 0 Å². The van der Waals surface area contributed by atoms with Crippen LogP contribution in [0.15, 0.2) is 45.4 Å². The van der Waals surface area contributed by atoms with E-state index in [1.165, 1.54) is 11.3 Å². The minimum atomic E-state index is -0.221. The van der Waals surface area contributed by atoms with Gasteiger partial charge in [0, 0.05) is 29.4 Å².